The Labute approximate surface area is 119 Å². The van der Waals surface area contributed by atoms with Crippen molar-refractivity contribution in [2.45, 2.75) is 44.7 Å². The van der Waals surface area contributed by atoms with Crippen LogP contribution in [0.3, 0.4) is 0 Å². The van der Waals surface area contributed by atoms with E-state index in [1.54, 1.807) is 12.1 Å². The quantitative estimate of drug-likeness (QED) is 0.709. The third-order valence-corrected chi connectivity index (χ3v) is 2.91. The van der Waals surface area contributed by atoms with Crippen molar-refractivity contribution in [1.29, 1.82) is 0 Å². The second kappa shape index (κ2) is 7.05. The average molecular weight is 278 g/mol. The topological polar surface area (TPSA) is 92.4 Å². The van der Waals surface area contributed by atoms with Gasteiger partial charge < -0.3 is 16.2 Å². The van der Waals surface area contributed by atoms with E-state index in [4.69, 9.17) is 10.8 Å². The van der Waals surface area contributed by atoms with Crippen molar-refractivity contribution in [3.05, 3.63) is 35.9 Å². The molecular weight excluding hydrogens is 256 g/mol. The molecule has 0 aliphatic heterocycles. The summed E-state index contributed by atoms with van der Waals surface area (Å²) in [5.74, 6) is -1.13. The van der Waals surface area contributed by atoms with E-state index in [1.807, 2.05) is 32.0 Å². The molecule has 0 radical (unpaired) electrons. The highest BCUT2D eigenvalue weighted by Gasteiger charge is 2.19. The molecule has 1 aromatic carbocycles. The van der Waals surface area contributed by atoms with Crippen LogP contribution in [0.5, 0.6) is 0 Å². The second-order valence-electron chi connectivity index (χ2n) is 5.62. The molecule has 1 aromatic rings. The summed E-state index contributed by atoms with van der Waals surface area (Å²) in [5.41, 5.74) is 6.21. The number of carbonyl (C=O) groups excluding carboxylic acids is 1. The Morgan fingerprint density at radius 2 is 1.90 bits per heavy atom. The first-order valence-electron chi connectivity index (χ1n) is 6.63. The third-order valence-electron chi connectivity index (χ3n) is 2.91. The number of benzene rings is 1. The van der Waals surface area contributed by atoms with E-state index in [9.17, 15) is 9.59 Å². The van der Waals surface area contributed by atoms with Crippen molar-refractivity contribution in [2.75, 3.05) is 0 Å². The Kier molecular flexibility index (Phi) is 5.70. The van der Waals surface area contributed by atoms with Crippen LogP contribution >= 0.6 is 0 Å². The van der Waals surface area contributed by atoms with Gasteiger partial charge in [-0.15, -0.1) is 0 Å². The molecule has 0 saturated heterocycles. The summed E-state index contributed by atoms with van der Waals surface area (Å²) >= 11 is 0. The van der Waals surface area contributed by atoms with Crippen molar-refractivity contribution in [1.82, 2.24) is 5.32 Å². The molecule has 1 unspecified atom stereocenters. The van der Waals surface area contributed by atoms with Crippen LogP contribution < -0.4 is 11.1 Å². The molecule has 5 nitrogen and oxygen atoms in total. The summed E-state index contributed by atoms with van der Waals surface area (Å²) < 4.78 is 0. The maximum Gasteiger partial charge on any atom is 0.305 e. The number of rotatable bonds is 7. The van der Waals surface area contributed by atoms with Gasteiger partial charge in [0.05, 0.1) is 12.5 Å². The van der Waals surface area contributed by atoms with Gasteiger partial charge in [-0.1, -0.05) is 30.3 Å². The average Bonchev–Trinajstić information content (AvgIpc) is 2.35. The Balaban J connectivity index is 2.66. The molecule has 0 aliphatic rings. The van der Waals surface area contributed by atoms with Crippen LogP contribution in [0.1, 0.15) is 44.7 Å². The first-order chi connectivity index (χ1) is 9.28. The number of nitrogens with two attached hydrogens (primary N) is 1. The molecule has 1 rings (SSSR count). The zero-order chi connectivity index (χ0) is 15.2. The molecule has 110 valence electrons. The zero-order valence-electron chi connectivity index (χ0n) is 11.9. The molecule has 0 fully saturated rings. The van der Waals surface area contributed by atoms with E-state index in [-0.39, 0.29) is 18.7 Å². The second-order valence-corrected chi connectivity index (χ2v) is 5.62. The number of carboxylic acid groups (broad SMARTS) is 1. The lowest BCUT2D eigenvalue weighted by atomic mass is 9.99. The number of hydrogen-bond acceptors (Lipinski definition) is 3. The van der Waals surface area contributed by atoms with Crippen LogP contribution in [0.4, 0.5) is 0 Å². The predicted molar refractivity (Wildman–Crippen MR) is 77.1 cm³/mol. The summed E-state index contributed by atoms with van der Waals surface area (Å²) in [4.78, 5) is 22.8. The maximum absolute atomic E-state index is 11.9. The molecule has 0 heterocycles. The highest BCUT2D eigenvalue weighted by molar-refractivity contribution is 5.77. The minimum atomic E-state index is -0.946. The van der Waals surface area contributed by atoms with E-state index in [0.717, 1.165) is 5.56 Å². The molecule has 0 aromatic heterocycles. The van der Waals surface area contributed by atoms with Crippen molar-refractivity contribution in [3.63, 3.8) is 0 Å². The number of nitrogens with one attached hydrogen (secondary N) is 1. The van der Waals surface area contributed by atoms with Gasteiger partial charge in [0, 0.05) is 12.0 Å². The number of hydrogen-bond donors (Lipinski definition) is 3. The first-order valence-corrected chi connectivity index (χ1v) is 6.63. The minimum Gasteiger partial charge on any atom is -0.481 e. The van der Waals surface area contributed by atoms with E-state index in [2.05, 4.69) is 5.32 Å². The van der Waals surface area contributed by atoms with Crippen molar-refractivity contribution >= 4 is 11.9 Å². The fraction of sp³-hybridized carbons (Fsp3) is 0.467. The Bertz CT molecular complexity index is 452. The Morgan fingerprint density at radius 3 is 2.40 bits per heavy atom. The number of carbonyl (C=O) groups is 2. The molecule has 1 atom stereocenters. The molecule has 0 bridgehead atoms. The molecular formula is C15H22N2O3. The number of amides is 1. The van der Waals surface area contributed by atoms with Crippen molar-refractivity contribution in [2.24, 2.45) is 5.73 Å². The third kappa shape index (κ3) is 6.33. The summed E-state index contributed by atoms with van der Waals surface area (Å²) in [6, 6.07) is 8.59. The lowest BCUT2D eigenvalue weighted by Gasteiger charge is -2.20. The normalized spacial score (nSPS) is 12.8. The van der Waals surface area contributed by atoms with Crippen LogP contribution in [0, 0.1) is 0 Å². The Hall–Kier alpha value is -1.88. The predicted octanol–water partition coefficient (Wildman–Crippen LogP) is 1.84. The van der Waals surface area contributed by atoms with Gasteiger partial charge in [-0.3, -0.25) is 9.59 Å². The molecule has 1 amide bonds. The summed E-state index contributed by atoms with van der Waals surface area (Å²) in [7, 11) is 0. The van der Waals surface area contributed by atoms with Crippen LogP contribution in [-0.4, -0.2) is 22.5 Å². The van der Waals surface area contributed by atoms with Crippen molar-refractivity contribution < 1.29 is 14.7 Å². The van der Waals surface area contributed by atoms with Gasteiger partial charge in [-0.05, 0) is 25.8 Å². The monoisotopic (exact) mass is 278 g/mol. The van der Waals surface area contributed by atoms with Crippen LogP contribution in [-0.2, 0) is 9.59 Å². The van der Waals surface area contributed by atoms with Crippen LogP contribution in [0.25, 0.3) is 0 Å². The van der Waals surface area contributed by atoms with Crippen LogP contribution in [0.15, 0.2) is 30.3 Å². The van der Waals surface area contributed by atoms with Crippen LogP contribution in [0.2, 0.25) is 0 Å². The van der Waals surface area contributed by atoms with Gasteiger partial charge in [0.1, 0.15) is 0 Å². The van der Waals surface area contributed by atoms with Gasteiger partial charge in [-0.2, -0.15) is 0 Å². The lowest BCUT2D eigenvalue weighted by molar-refractivity contribution is -0.137. The van der Waals surface area contributed by atoms with Crippen molar-refractivity contribution in [3.8, 4) is 0 Å². The summed E-state index contributed by atoms with van der Waals surface area (Å²) in [5, 5.41) is 11.7. The molecule has 5 heteroatoms. The zero-order valence-corrected chi connectivity index (χ0v) is 11.9. The fourth-order valence-corrected chi connectivity index (χ4v) is 1.81. The van der Waals surface area contributed by atoms with E-state index in [0.29, 0.717) is 6.42 Å². The van der Waals surface area contributed by atoms with E-state index in [1.165, 1.54) is 0 Å². The Morgan fingerprint density at radius 1 is 1.30 bits per heavy atom. The minimum absolute atomic E-state index is 0.137. The van der Waals surface area contributed by atoms with E-state index < -0.39 is 17.6 Å². The SMILES string of the molecule is CC(C)(N)CCC(=O)NC(CC(=O)O)c1ccccc1. The molecule has 0 spiro atoms. The van der Waals surface area contributed by atoms with Gasteiger partial charge in [0.2, 0.25) is 5.91 Å². The summed E-state index contributed by atoms with van der Waals surface area (Å²) in [6.45, 7) is 3.71. The van der Waals surface area contributed by atoms with E-state index >= 15 is 0 Å². The smallest absolute Gasteiger partial charge is 0.305 e. The largest absolute Gasteiger partial charge is 0.481 e. The van der Waals surface area contributed by atoms with Gasteiger partial charge in [0.15, 0.2) is 0 Å². The van der Waals surface area contributed by atoms with Gasteiger partial charge in [-0.25, -0.2) is 0 Å². The standard InChI is InChI=1S/C15H22N2O3/c1-15(2,16)9-8-13(18)17-12(10-14(19)20)11-6-4-3-5-7-11/h3-7,12H,8-10,16H2,1-2H3,(H,17,18)(H,19,20). The lowest BCUT2D eigenvalue weighted by Crippen LogP contribution is -2.35. The number of aliphatic carboxylic acids is 1. The fourth-order valence-electron chi connectivity index (χ4n) is 1.81. The summed E-state index contributed by atoms with van der Waals surface area (Å²) in [6.07, 6.45) is 0.696. The highest BCUT2D eigenvalue weighted by Crippen LogP contribution is 2.17. The molecule has 20 heavy (non-hydrogen) atoms. The molecule has 4 N–H and O–H groups in total. The molecule has 0 saturated carbocycles. The van der Waals surface area contributed by atoms with Gasteiger partial charge in [0.25, 0.3) is 0 Å². The highest BCUT2D eigenvalue weighted by atomic mass is 16.4. The first kappa shape index (κ1) is 16.2. The number of carboxylic acids is 1. The van der Waals surface area contributed by atoms with Gasteiger partial charge >= 0.3 is 5.97 Å². The molecule has 0 aliphatic carbocycles. The maximum atomic E-state index is 11.9.